The molecule has 2 rings (SSSR count). The average Bonchev–Trinajstić information content (AvgIpc) is 2.93. The highest BCUT2D eigenvalue weighted by Crippen LogP contribution is 2.30. The minimum absolute atomic E-state index is 0.00959. The van der Waals surface area contributed by atoms with Crippen LogP contribution in [0.4, 0.5) is 14.4 Å². The summed E-state index contributed by atoms with van der Waals surface area (Å²) >= 11 is 0. The predicted octanol–water partition coefficient (Wildman–Crippen LogP) is 6.10. The molecule has 0 aromatic heterocycles. The second kappa shape index (κ2) is 18.9. The van der Waals surface area contributed by atoms with Gasteiger partial charge < -0.3 is 38.9 Å². The van der Waals surface area contributed by atoms with Crippen LogP contribution in [0, 0.1) is 11.8 Å². The number of hydrogen-bond acceptors (Lipinski definition) is 12. The first-order valence-corrected chi connectivity index (χ1v) is 15.0. The van der Waals surface area contributed by atoms with Crippen LogP contribution < -0.4 is 15.2 Å². The molecule has 1 aromatic carbocycles. The molecule has 0 unspecified atom stereocenters. The number of esters is 1. The maximum atomic E-state index is 12.5. The van der Waals surface area contributed by atoms with Gasteiger partial charge in [0.2, 0.25) is 0 Å². The lowest BCUT2D eigenvalue weighted by Gasteiger charge is -2.22. The first kappa shape index (κ1) is 35.7. The first-order valence-electron chi connectivity index (χ1n) is 15.0. The van der Waals surface area contributed by atoms with E-state index >= 15 is 0 Å². The second-order valence-corrected chi connectivity index (χ2v) is 11.5. The van der Waals surface area contributed by atoms with Crippen molar-refractivity contribution in [2.75, 3.05) is 19.8 Å². The van der Waals surface area contributed by atoms with E-state index in [1.807, 2.05) is 27.7 Å². The van der Waals surface area contributed by atoms with Crippen molar-refractivity contribution < 1.29 is 52.3 Å². The smallest absolute Gasteiger partial charge is 0.461 e. The van der Waals surface area contributed by atoms with E-state index in [2.05, 4.69) is 0 Å². The van der Waals surface area contributed by atoms with Gasteiger partial charge in [-0.25, -0.2) is 14.4 Å². The van der Waals surface area contributed by atoms with Gasteiger partial charge in [-0.15, -0.1) is 0 Å². The average molecular weight is 610 g/mol. The quantitative estimate of drug-likeness (QED) is 0.139. The fourth-order valence-electron chi connectivity index (χ4n) is 4.03. The highest BCUT2D eigenvalue weighted by molar-refractivity contribution is 5.76. The van der Waals surface area contributed by atoms with E-state index in [4.69, 9.17) is 38.9 Å². The van der Waals surface area contributed by atoms with E-state index in [-0.39, 0.29) is 43.8 Å². The molecule has 2 N–H and O–H groups in total. The molecule has 1 aromatic rings. The Morgan fingerprint density at radius 3 is 1.95 bits per heavy atom. The first-order chi connectivity index (χ1) is 20.4. The topological polar surface area (TPSA) is 159 Å². The number of benzene rings is 1. The number of carbonyl (C=O) groups is 4. The molecule has 0 bridgehead atoms. The minimum atomic E-state index is -1.08. The molecule has 0 aliphatic heterocycles. The van der Waals surface area contributed by atoms with Gasteiger partial charge in [-0.2, -0.15) is 0 Å². The van der Waals surface area contributed by atoms with Crippen molar-refractivity contribution in [2.24, 2.45) is 17.6 Å². The summed E-state index contributed by atoms with van der Waals surface area (Å²) in [7, 11) is 0. The Hall–Kier alpha value is -3.54. The fourth-order valence-corrected chi connectivity index (χ4v) is 4.03. The van der Waals surface area contributed by atoms with Gasteiger partial charge in [-0.05, 0) is 81.4 Å². The van der Waals surface area contributed by atoms with Crippen molar-refractivity contribution in [3.05, 3.63) is 23.8 Å². The largest absolute Gasteiger partial charge is 0.513 e. The van der Waals surface area contributed by atoms with Gasteiger partial charge in [-0.3, -0.25) is 4.79 Å². The van der Waals surface area contributed by atoms with E-state index < -0.39 is 36.6 Å². The Labute approximate surface area is 253 Å². The third-order valence-corrected chi connectivity index (χ3v) is 6.56. The van der Waals surface area contributed by atoms with Gasteiger partial charge in [0.05, 0.1) is 13.2 Å². The molecule has 12 heteroatoms. The molecule has 43 heavy (non-hydrogen) atoms. The van der Waals surface area contributed by atoms with Gasteiger partial charge in [0, 0.05) is 0 Å². The molecule has 12 nitrogen and oxygen atoms in total. The number of ether oxygens (including phenoxy) is 7. The summed E-state index contributed by atoms with van der Waals surface area (Å²) in [5.41, 5.74) is 6.55. The van der Waals surface area contributed by atoms with Gasteiger partial charge in [0.15, 0.2) is 11.5 Å². The molecule has 0 saturated heterocycles. The lowest BCUT2D eigenvalue weighted by Crippen LogP contribution is -2.36. The molecular weight excluding hydrogens is 562 g/mol. The summed E-state index contributed by atoms with van der Waals surface area (Å²) in [4.78, 5) is 49.0. The zero-order valence-electron chi connectivity index (χ0n) is 26.0. The second-order valence-electron chi connectivity index (χ2n) is 11.5. The standard InChI is InChI=1S/C31H47NO11/c1-20(2)13-15-37-29(34)42-26-12-11-23(18-27(26)43-30(35)38-16-14-21(3)4)17-25(32)28(33)39-19-22(5)40-31(36)41-24-9-7-6-8-10-24/h11-12,18,20-22,24-25H,6-10,13-17,19,32H2,1-5H3/t22-,25-/m0/s1. The van der Waals surface area contributed by atoms with Crippen molar-refractivity contribution in [2.45, 2.75) is 104 Å². The van der Waals surface area contributed by atoms with Crippen LogP contribution in [0.25, 0.3) is 0 Å². The predicted molar refractivity (Wildman–Crippen MR) is 156 cm³/mol. The van der Waals surface area contributed by atoms with E-state index in [1.54, 1.807) is 13.0 Å². The van der Waals surface area contributed by atoms with E-state index in [0.29, 0.717) is 30.2 Å². The molecule has 0 spiro atoms. The number of rotatable bonds is 15. The molecule has 1 fully saturated rings. The molecule has 2 atom stereocenters. The Balaban J connectivity index is 1.95. The summed E-state index contributed by atoms with van der Waals surface area (Å²) in [5, 5.41) is 0. The van der Waals surface area contributed by atoms with Gasteiger partial charge in [0.25, 0.3) is 0 Å². The lowest BCUT2D eigenvalue weighted by atomic mass is 9.98. The molecule has 0 radical (unpaired) electrons. The van der Waals surface area contributed by atoms with Gasteiger partial charge >= 0.3 is 24.4 Å². The lowest BCUT2D eigenvalue weighted by molar-refractivity contribution is -0.148. The van der Waals surface area contributed by atoms with Crippen LogP contribution in [0.5, 0.6) is 11.5 Å². The van der Waals surface area contributed by atoms with E-state index in [0.717, 1.165) is 32.1 Å². The number of nitrogens with two attached hydrogens (primary N) is 1. The highest BCUT2D eigenvalue weighted by Gasteiger charge is 2.23. The molecule has 242 valence electrons. The van der Waals surface area contributed by atoms with Crippen molar-refractivity contribution in [3.63, 3.8) is 0 Å². The van der Waals surface area contributed by atoms with Gasteiger partial charge in [0.1, 0.15) is 24.9 Å². The van der Waals surface area contributed by atoms with Crippen LogP contribution in [0.1, 0.15) is 85.1 Å². The molecular formula is C31H47NO11. The van der Waals surface area contributed by atoms with Crippen LogP contribution in [0.15, 0.2) is 18.2 Å². The van der Waals surface area contributed by atoms with Crippen molar-refractivity contribution in [1.82, 2.24) is 0 Å². The molecule has 1 aliphatic carbocycles. The zero-order chi connectivity index (χ0) is 31.8. The summed E-state index contributed by atoms with van der Waals surface area (Å²) in [6.45, 7) is 9.67. The van der Waals surface area contributed by atoms with Gasteiger partial charge in [-0.1, -0.05) is 40.2 Å². The number of hydrogen-bond donors (Lipinski definition) is 1. The van der Waals surface area contributed by atoms with Crippen LogP contribution in [0.2, 0.25) is 0 Å². The Morgan fingerprint density at radius 1 is 0.791 bits per heavy atom. The van der Waals surface area contributed by atoms with E-state index in [1.165, 1.54) is 12.1 Å². The Bertz CT molecular complexity index is 1040. The molecule has 0 heterocycles. The third kappa shape index (κ3) is 15.0. The monoisotopic (exact) mass is 609 g/mol. The maximum absolute atomic E-state index is 12.5. The summed E-state index contributed by atoms with van der Waals surface area (Å²) in [6.07, 6.45) is 2.50. The summed E-state index contributed by atoms with van der Waals surface area (Å²) in [6, 6.07) is 3.30. The summed E-state index contributed by atoms with van der Waals surface area (Å²) in [5.74, 6) is -0.239. The van der Waals surface area contributed by atoms with E-state index in [9.17, 15) is 19.2 Å². The maximum Gasteiger partial charge on any atom is 0.513 e. The Kier molecular flexibility index (Phi) is 15.7. The molecule has 1 saturated carbocycles. The summed E-state index contributed by atoms with van der Waals surface area (Å²) < 4.78 is 36.5. The van der Waals surface area contributed by atoms with Crippen LogP contribution >= 0.6 is 0 Å². The van der Waals surface area contributed by atoms with Crippen molar-refractivity contribution >= 4 is 24.4 Å². The van der Waals surface area contributed by atoms with Crippen LogP contribution in [0.3, 0.4) is 0 Å². The number of carbonyl (C=O) groups excluding carboxylic acids is 4. The van der Waals surface area contributed by atoms with Crippen molar-refractivity contribution in [3.8, 4) is 11.5 Å². The van der Waals surface area contributed by atoms with Crippen LogP contribution in [-0.4, -0.2) is 62.5 Å². The molecule has 0 amide bonds. The minimum Gasteiger partial charge on any atom is -0.461 e. The van der Waals surface area contributed by atoms with Crippen LogP contribution in [-0.2, 0) is 34.9 Å². The molecule has 1 aliphatic rings. The highest BCUT2D eigenvalue weighted by atomic mass is 16.8. The van der Waals surface area contributed by atoms with Crippen molar-refractivity contribution in [1.29, 1.82) is 0 Å². The zero-order valence-corrected chi connectivity index (χ0v) is 26.0. The fraction of sp³-hybridized carbons (Fsp3) is 0.677. The normalized spacial score (nSPS) is 14.9. The SMILES string of the molecule is CC(C)CCOC(=O)Oc1ccc(C[C@H](N)C(=O)OC[C@H](C)OC(=O)OC2CCCCC2)cc1OC(=O)OCCC(C)C. The third-order valence-electron chi connectivity index (χ3n) is 6.56. The Morgan fingerprint density at radius 2 is 1.37 bits per heavy atom.